The summed E-state index contributed by atoms with van der Waals surface area (Å²) in [6, 6.07) is 1.90. The summed E-state index contributed by atoms with van der Waals surface area (Å²) in [6.07, 6.45) is 0. The number of hydrogen-bond acceptors (Lipinski definition) is 4. The number of aromatic nitrogens is 1. The maximum Gasteiger partial charge on any atom is 0.348 e. The summed E-state index contributed by atoms with van der Waals surface area (Å²) in [6.45, 7) is 3.79. The smallest absolute Gasteiger partial charge is 0.348 e. The standard InChI is InChI=1S/C10H10N2O2S.Na/c1-4-3-5(2)12-9-6(4)7(11)8(15-9)10(13)14;/h3H,11H2,1-2H3,(H,13,14);. The summed E-state index contributed by atoms with van der Waals surface area (Å²) in [5, 5.41) is 9.70. The van der Waals surface area contributed by atoms with E-state index in [0.717, 1.165) is 28.0 Å². The molecule has 4 nitrogen and oxygen atoms in total. The van der Waals surface area contributed by atoms with E-state index in [1.165, 1.54) is 0 Å². The minimum absolute atomic E-state index is 0. The second-order valence-electron chi connectivity index (χ2n) is 3.41. The van der Waals surface area contributed by atoms with E-state index < -0.39 is 5.97 Å². The van der Waals surface area contributed by atoms with Gasteiger partial charge in [0.05, 0.1) is 5.69 Å². The molecule has 3 N–H and O–H groups in total. The van der Waals surface area contributed by atoms with Crippen molar-refractivity contribution in [1.82, 2.24) is 4.98 Å². The fourth-order valence-corrected chi connectivity index (χ4v) is 2.68. The minimum atomic E-state index is -0.993. The molecule has 0 saturated carbocycles. The summed E-state index contributed by atoms with van der Waals surface area (Å²) >= 11 is 1.12. The van der Waals surface area contributed by atoms with Crippen LogP contribution in [0, 0.1) is 13.8 Å². The van der Waals surface area contributed by atoms with Gasteiger partial charge in [-0.25, -0.2) is 9.78 Å². The van der Waals surface area contributed by atoms with Crippen molar-refractivity contribution < 1.29 is 9.90 Å². The third kappa shape index (κ3) is 2.08. The van der Waals surface area contributed by atoms with Crippen molar-refractivity contribution in [1.29, 1.82) is 0 Å². The summed E-state index contributed by atoms with van der Waals surface area (Å²) in [7, 11) is 0. The van der Waals surface area contributed by atoms with Gasteiger partial charge in [0.1, 0.15) is 9.71 Å². The van der Waals surface area contributed by atoms with Gasteiger partial charge in [0.2, 0.25) is 0 Å². The average Bonchev–Trinajstić information content (AvgIpc) is 2.42. The van der Waals surface area contributed by atoms with Crippen molar-refractivity contribution in [3.05, 3.63) is 22.2 Å². The average molecular weight is 245 g/mol. The predicted octanol–water partition coefficient (Wildman–Crippen LogP) is 1.81. The number of aryl methyl sites for hydroxylation is 2. The zero-order valence-electron chi connectivity index (χ0n) is 9.37. The van der Waals surface area contributed by atoms with Crippen LogP contribution in [0.5, 0.6) is 0 Å². The SMILES string of the molecule is Cc1cc(C)c2c(N)c(C(=O)O)sc2n1.[Na]. The molecule has 1 radical (unpaired) electrons. The largest absolute Gasteiger partial charge is 0.477 e. The summed E-state index contributed by atoms with van der Waals surface area (Å²) in [4.78, 5) is 16.0. The minimum Gasteiger partial charge on any atom is -0.477 e. The van der Waals surface area contributed by atoms with E-state index in [2.05, 4.69) is 4.98 Å². The molecule has 2 heterocycles. The van der Waals surface area contributed by atoms with Crippen LogP contribution < -0.4 is 5.73 Å². The number of nitrogens with zero attached hydrogens (tertiary/aromatic N) is 1. The molecule has 0 saturated heterocycles. The molecular weight excluding hydrogens is 235 g/mol. The third-order valence-electron chi connectivity index (χ3n) is 2.22. The van der Waals surface area contributed by atoms with Gasteiger partial charge < -0.3 is 10.8 Å². The van der Waals surface area contributed by atoms with Crippen LogP contribution in [0.2, 0.25) is 0 Å². The van der Waals surface area contributed by atoms with Crippen molar-refractivity contribution >= 4 is 62.8 Å². The number of rotatable bonds is 1. The number of fused-ring (bicyclic) bond motifs is 1. The van der Waals surface area contributed by atoms with E-state index in [-0.39, 0.29) is 34.4 Å². The Kier molecular flexibility index (Phi) is 3.96. The maximum atomic E-state index is 10.9. The monoisotopic (exact) mass is 245 g/mol. The Labute approximate surface area is 119 Å². The second kappa shape index (κ2) is 4.71. The fourth-order valence-electron chi connectivity index (χ4n) is 1.63. The van der Waals surface area contributed by atoms with Crippen molar-refractivity contribution in [2.75, 3.05) is 5.73 Å². The molecule has 0 aromatic carbocycles. The van der Waals surface area contributed by atoms with Gasteiger partial charge in [-0.2, -0.15) is 0 Å². The Bertz CT molecular complexity index is 565. The topological polar surface area (TPSA) is 76.2 Å². The molecule has 0 spiro atoms. The molecule has 2 aromatic heterocycles. The van der Waals surface area contributed by atoms with Gasteiger partial charge in [-0.15, -0.1) is 11.3 Å². The molecule has 16 heavy (non-hydrogen) atoms. The maximum absolute atomic E-state index is 10.9. The number of carboxylic acid groups (broad SMARTS) is 1. The molecule has 0 bridgehead atoms. The van der Waals surface area contributed by atoms with Crippen LogP contribution in [0.15, 0.2) is 6.07 Å². The van der Waals surface area contributed by atoms with Crippen molar-refractivity contribution in [3.8, 4) is 0 Å². The number of nitrogens with two attached hydrogens (primary N) is 1. The van der Waals surface area contributed by atoms with Gasteiger partial charge in [-0.1, -0.05) is 0 Å². The molecule has 6 heteroatoms. The van der Waals surface area contributed by atoms with Gasteiger partial charge in [0, 0.05) is 40.6 Å². The van der Waals surface area contributed by atoms with Gasteiger partial charge in [-0.05, 0) is 25.5 Å². The van der Waals surface area contributed by atoms with Crippen LogP contribution in [0.1, 0.15) is 20.9 Å². The van der Waals surface area contributed by atoms with E-state index in [1.807, 2.05) is 19.9 Å². The number of carboxylic acids is 1. The summed E-state index contributed by atoms with van der Waals surface area (Å²) < 4.78 is 0. The van der Waals surface area contributed by atoms with Gasteiger partial charge in [-0.3, -0.25) is 0 Å². The molecule has 79 valence electrons. The predicted molar refractivity (Wildman–Crippen MR) is 66.2 cm³/mol. The molecule has 0 unspecified atom stereocenters. The molecule has 2 aromatic rings. The zero-order chi connectivity index (χ0) is 11.2. The Morgan fingerprint density at radius 2 is 2.12 bits per heavy atom. The third-order valence-corrected chi connectivity index (χ3v) is 3.31. The quantitative estimate of drug-likeness (QED) is 0.751. The zero-order valence-corrected chi connectivity index (χ0v) is 12.2. The summed E-state index contributed by atoms with van der Waals surface area (Å²) in [5.41, 5.74) is 7.95. The van der Waals surface area contributed by atoms with E-state index in [4.69, 9.17) is 10.8 Å². The number of thiophene rings is 1. The van der Waals surface area contributed by atoms with Crippen molar-refractivity contribution in [3.63, 3.8) is 0 Å². The molecule has 0 fully saturated rings. The number of hydrogen-bond donors (Lipinski definition) is 2. The van der Waals surface area contributed by atoms with Crippen LogP contribution in [-0.2, 0) is 0 Å². The first-order valence-electron chi connectivity index (χ1n) is 4.40. The number of anilines is 1. The summed E-state index contributed by atoms with van der Waals surface area (Å²) in [5.74, 6) is -0.993. The number of aromatic carboxylic acids is 1. The Balaban J connectivity index is 0.00000128. The molecule has 0 atom stereocenters. The van der Waals surface area contributed by atoms with Gasteiger partial charge >= 0.3 is 5.97 Å². The van der Waals surface area contributed by atoms with Crippen LogP contribution in [0.25, 0.3) is 10.2 Å². The Morgan fingerprint density at radius 3 is 2.69 bits per heavy atom. The Hall–Kier alpha value is -0.620. The first-order chi connectivity index (χ1) is 7.00. The number of carbonyl (C=O) groups is 1. The van der Waals surface area contributed by atoms with Gasteiger partial charge in [0.15, 0.2) is 0 Å². The molecule has 2 rings (SSSR count). The van der Waals surface area contributed by atoms with Crippen LogP contribution in [0.4, 0.5) is 5.69 Å². The van der Waals surface area contributed by atoms with E-state index >= 15 is 0 Å². The first kappa shape index (κ1) is 13.4. The fraction of sp³-hybridized carbons (Fsp3) is 0.200. The van der Waals surface area contributed by atoms with Crippen LogP contribution in [0.3, 0.4) is 0 Å². The number of nitrogen functional groups attached to an aromatic ring is 1. The molecular formula is C10H10N2NaO2S. The second-order valence-corrected chi connectivity index (χ2v) is 4.41. The normalized spacial score (nSPS) is 10.1. The van der Waals surface area contributed by atoms with Crippen LogP contribution >= 0.6 is 11.3 Å². The van der Waals surface area contributed by atoms with Gasteiger partial charge in [0.25, 0.3) is 0 Å². The first-order valence-corrected chi connectivity index (χ1v) is 5.22. The van der Waals surface area contributed by atoms with Crippen LogP contribution in [-0.4, -0.2) is 45.6 Å². The molecule has 0 amide bonds. The molecule has 0 aliphatic carbocycles. The molecule has 0 aliphatic heterocycles. The van der Waals surface area contributed by atoms with E-state index in [0.29, 0.717) is 10.5 Å². The van der Waals surface area contributed by atoms with Crippen molar-refractivity contribution in [2.24, 2.45) is 0 Å². The number of pyridine rings is 1. The Morgan fingerprint density at radius 1 is 1.50 bits per heavy atom. The van der Waals surface area contributed by atoms with Crippen molar-refractivity contribution in [2.45, 2.75) is 13.8 Å². The van der Waals surface area contributed by atoms with E-state index in [1.54, 1.807) is 0 Å². The molecule has 0 aliphatic rings. The van der Waals surface area contributed by atoms with E-state index in [9.17, 15) is 4.79 Å².